The molecular formula is C12H19N5S. The standard InChI is InChI=1S/C12H19N5S/c1-7(8(2)13)11-16-17-10(9-5-3-4-6-9)14-15-12(17)18-11/h7-9H,3-6,13H2,1-2H3. The van der Waals surface area contributed by atoms with E-state index in [1.807, 2.05) is 11.4 Å². The zero-order valence-corrected chi connectivity index (χ0v) is 11.7. The van der Waals surface area contributed by atoms with Crippen molar-refractivity contribution in [3.63, 3.8) is 0 Å². The largest absolute Gasteiger partial charge is 0.327 e. The van der Waals surface area contributed by atoms with E-state index in [0.29, 0.717) is 5.92 Å². The monoisotopic (exact) mass is 265 g/mol. The molecule has 2 aromatic heterocycles. The maximum atomic E-state index is 5.94. The van der Waals surface area contributed by atoms with Gasteiger partial charge < -0.3 is 5.73 Å². The number of aromatic nitrogens is 4. The summed E-state index contributed by atoms with van der Waals surface area (Å²) in [5.41, 5.74) is 5.94. The van der Waals surface area contributed by atoms with Crippen molar-refractivity contribution in [3.8, 4) is 0 Å². The van der Waals surface area contributed by atoms with Crippen molar-refractivity contribution < 1.29 is 0 Å². The zero-order valence-electron chi connectivity index (χ0n) is 10.8. The predicted octanol–water partition coefficient (Wildman–Crippen LogP) is 2.29. The zero-order chi connectivity index (χ0) is 12.7. The third kappa shape index (κ3) is 1.93. The van der Waals surface area contributed by atoms with Gasteiger partial charge in [-0.05, 0) is 19.8 Å². The predicted molar refractivity (Wildman–Crippen MR) is 71.9 cm³/mol. The van der Waals surface area contributed by atoms with Gasteiger partial charge in [0.2, 0.25) is 4.96 Å². The number of nitrogens with two attached hydrogens (primary N) is 1. The molecule has 1 aliphatic carbocycles. The summed E-state index contributed by atoms with van der Waals surface area (Å²) < 4.78 is 1.94. The van der Waals surface area contributed by atoms with Crippen molar-refractivity contribution in [1.82, 2.24) is 19.8 Å². The Bertz CT molecular complexity index is 538. The molecule has 1 fully saturated rings. The van der Waals surface area contributed by atoms with Crippen LogP contribution in [0.5, 0.6) is 0 Å². The van der Waals surface area contributed by atoms with Crippen LogP contribution in [0.3, 0.4) is 0 Å². The number of hydrogen-bond donors (Lipinski definition) is 1. The van der Waals surface area contributed by atoms with E-state index in [4.69, 9.17) is 5.73 Å². The van der Waals surface area contributed by atoms with E-state index in [1.165, 1.54) is 25.7 Å². The average molecular weight is 265 g/mol. The molecule has 0 spiro atoms. The second kappa shape index (κ2) is 4.59. The van der Waals surface area contributed by atoms with E-state index < -0.39 is 0 Å². The second-order valence-corrected chi connectivity index (χ2v) is 6.31. The van der Waals surface area contributed by atoms with Gasteiger partial charge in [-0.2, -0.15) is 9.61 Å². The maximum Gasteiger partial charge on any atom is 0.234 e. The van der Waals surface area contributed by atoms with E-state index in [0.717, 1.165) is 15.8 Å². The fourth-order valence-electron chi connectivity index (χ4n) is 2.49. The maximum absolute atomic E-state index is 5.94. The number of hydrogen-bond acceptors (Lipinski definition) is 5. The topological polar surface area (TPSA) is 69.1 Å². The molecule has 0 aliphatic heterocycles. The van der Waals surface area contributed by atoms with Crippen LogP contribution < -0.4 is 5.73 Å². The summed E-state index contributed by atoms with van der Waals surface area (Å²) >= 11 is 1.61. The lowest BCUT2D eigenvalue weighted by molar-refractivity contribution is 0.589. The normalized spacial score (nSPS) is 20.6. The van der Waals surface area contributed by atoms with Crippen molar-refractivity contribution >= 4 is 16.3 Å². The highest BCUT2D eigenvalue weighted by atomic mass is 32.1. The van der Waals surface area contributed by atoms with E-state index in [2.05, 4.69) is 22.2 Å². The van der Waals surface area contributed by atoms with Gasteiger partial charge in [0.15, 0.2) is 5.82 Å². The second-order valence-electron chi connectivity index (χ2n) is 5.32. The van der Waals surface area contributed by atoms with Crippen LogP contribution in [0.2, 0.25) is 0 Å². The molecule has 98 valence electrons. The van der Waals surface area contributed by atoms with Gasteiger partial charge in [-0.1, -0.05) is 31.1 Å². The molecular weight excluding hydrogens is 246 g/mol. The molecule has 0 aromatic carbocycles. The molecule has 0 amide bonds. The van der Waals surface area contributed by atoms with Gasteiger partial charge >= 0.3 is 0 Å². The molecule has 2 unspecified atom stereocenters. The molecule has 18 heavy (non-hydrogen) atoms. The minimum atomic E-state index is 0.115. The summed E-state index contributed by atoms with van der Waals surface area (Å²) in [7, 11) is 0. The highest BCUT2D eigenvalue weighted by Crippen LogP contribution is 2.34. The highest BCUT2D eigenvalue weighted by Gasteiger charge is 2.25. The molecule has 2 heterocycles. The van der Waals surface area contributed by atoms with Crippen LogP contribution in [0.4, 0.5) is 0 Å². The molecule has 2 atom stereocenters. The Morgan fingerprint density at radius 2 is 2.00 bits per heavy atom. The molecule has 5 nitrogen and oxygen atoms in total. The fraction of sp³-hybridized carbons (Fsp3) is 0.750. The Morgan fingerprint density at radius 3 is 2.67 bits per heavy atom. The van der Waals surface area contributed by atoms with Gasteiger partial charge in [0, 0.05) is 17.9 Å². The van der Waals surface area contributed by atoms with E-state index in [-0.39, 0.29) is 12.0 Å². The SMILES string of the molecule is CC(N)C(C)c1nn2c(C3CCCC3)nnc2s1. The summed E-state index contributed by atoms with van der Waals surface area (Å²) in [5.74, 6) is 1.86. The first-order valence-electron chi connectivity index (χ1n) is 6.64. The third-order valence-corrected chi connectivity index (χ3v) is 5.03. The summed E-state index contributed by atoms with van der Waals surface area (Å²) in [6.45, 7) is 4.14. The average Bonchev–Trinajstić information content (AvgIpc) is 3.02. The van der Waals surface area contributed by atoms with Crippen LogP contribution in [0.25, 0.3) is 4.96 Å². The highest BCUT2D eigenvalue weighted by molar-refractivity contribution is 7.16. The summed E-state index contributed by atoms with van der Waals surface area (Å²) in [6.07, 6.45) is 5.03. The van der Waals surface area contributed by atoms with Crippen molar-refractivity contribution in [2.75, 3.05) is 0 Å². The van der Waals surface area contributed by atoms with Gasteiger partial charge in [-0.25, -0.2) is 0 Å². The number of rotatable bonds is 3. The first-order valence-corrected chi connectivity index (χ1v) is 7.46. The minimum absolute atomic E-state index is 0.115. The van der Waals surface area contributed by atoms with Crippen LogP contribution in [0, 0.1) is 0 Å². The van der Waals surface area contributed by atoms with Gasteiger partial charge in [-0.15, -0.1) is 10.2 Å². The summed E-state index contributed by atoms with van der Waals surface area (Å²) in [4.78, 5) is 0.902. The Labute approximate surface area is 110 Å². The van der Waals surface area contributed by atoms with Crippen molar-refractivity contribution in [1.29, 1.82) is 0 Å². The Balaban J connectivity index is 1.97. The smallest absolute Gasteiger partial charge is 0.234 e. The molecule has 6 heteroatoms. The fourth-order valence-corrected chi connectivity index (χ4v) is 3.51. The Morgan fingerprint density at radius 1 is 1.28 bits per heavy atom. The lowest BCUT2D eigenvalue weighted by atomic mass is 10.1. The number of nitrogens with zero attached hydrogens (tertiary/aromatic N) is 4. The third-order valence-electron chi connectivity index (χ3n) is 3.93. The van der Waals surface area contributed by atoms with Crippen molar-refractivity contribution in [2.24, 2.45) is 5.73 Å². The Kier molecular flexibility index (Phi) is 3.07. The van der Waals surface area contributed by atoms with Crippen molar-refractivity contribution in [3.05, 3.63) is 10.8 Å². The molecule has 0 bridgehead atoms. The first kappa shape index (κ1) is 12.0. The lowest BCUT2D eigenvalue weighted by Crippen LogP contribution is -2.22. The number of fused-ring (bicyclic) bond motifs is 1. The van der Waals surface area contributed by atoms with E-state index in [1.54, 1.807) is 11.3 Å². The van der Waals surface area contributed by atoms with E-state index >= 15 is 0 Å². The minimum Gasteiger partial charge on any atom is -0.327 e. The molecule has 1 aliphatic rings. The molecule has 2 N–H and O–H groups in total. The van der Waals surface area contributed by atoms with Gasteiger partial charge in [0.05, 0.1) is 0 Å². The van der Waals surface area contributed by atoms with E-state index in [9.17, 15) is 0 Å². The lowest BCUT2D eigenvalue weighted by Gasteiger charge is -2.11. The Hall–Kier alpha value is -1.01. The first-order chi connectivity index (χ1) is 8.66. The van der Waals surface area contributed by atoms with Crippen LogP contribution >= 0.6 is 11.3 Å². The summed E-state index contributed by atoms with van der Waals surface area (Å²) in [6, 6.07) is 0.115. The van der Waals surface area contributed by atoms with Gasteiger partial charge in [0.1, 0.15) is 5.01 Å². The molecule has 1 saturated carbocycles. The van der Waals surface area contributed by atoms with Crippen LogP contribution in [0.15, 0.2) is 0 Å². The van der Waals surface area contributed by atoms with Crippen molar-refractivity contribution in [2.45, 2.75) is 57.4 Å². The molecule has 0 radical (unpaired) electrons. The van der Waals surface area contributed by atoms with Crippen LogP contribution in [-0.2, 0) is 0 Å². The molecule has 0 saturated heterocycles. The quantitative estimate of drug-likeness (QED) is 0.924. The molecule has 2 aromatic rings. The van der Waals surface area contributed by atoms with Gasteiger partial charge in [-0.3, -0.25) is 0 Å². The van der Waals surface area contributed by atoms with Gasteiger partial charge in [0.25, 0.3) is 0 Å². The molecule has 3 rings (SSSR count). The summed E-state index contributed by atoms with van der Waals surface area (Å²) in [5, 5.41) is 14.3. The van der Waals surface area contributed by atoms with Crippen LogP contribution in [-0.4, -0.2) is 25.9 Å². The van der Waals surface area contributed by atoms with Crippen LogP contribution in [0.1, 0.15) is 62.2 Å².